The number of fused-ring (bicyclic) bond motifs is 1. The topological polar surface area (TPSA) is 38.1 Å². The number of carbonyl (C=O) groups excluding carboxylic acids is 1. The van der Waals surface area contributed by atoms with Crippen LogP contribution in [0, 0.1) is 0 Å². The van der Waals surface area contributed by atoms with E-state index in [4.69, 9.17) is 23.2 Å². The van der Waals surface area contributed by atoms with Crippen molar-refractivity contribution in [1.82, 2.24) is 14.5 Å². The minimum Gasteiger partial charge on any atom is -0.334 e. The number of imidazole rings is 1. The van der Waals surface area contributed by atoms with Gasteiger partial charge in [-0.05, 0) is 37.5 Å². The number of carbonyl (C=O) groups is 1. The maximum Gasteiger partial charge on any atom is 0.274 e. The first-order valence-electron chi connectivity index (χ1n) is 7.75. The molecule has 0 bridgehead atoms. The van der Waals surface area contributed by atoms with Gasteiger partial charge >= 0.3 is 0 Å². The van der Waals surface area contributed by atoms with Crippen molar-refractivity contribution in [3.8, 4) is 0 Å². The summed E-state index contributed by atoms with van der Waals surface area (Å²) in [6.07, 6.45) is 5.10. The minimum atomic E-state index is -0.115. The van der Waals surface area contributed by atoms with Crippen LogP contribution in [0.25, 0.3) is 0 Å². The molecule has 0 N–H and O–H groups in total. The van der Waals surface area contributed by atoms with E-state index in [1.165, 1.54) is 0 Å². The van der Waals surface area contributed by atoms with Gasteiger partial charge in [0.05, 0.1) is 16.1 Å². The second-order valence-corrected chi connectivity index (χ2v) is 6.77. The highest BCUT2D eigenvalue weighted by Gasteiger charge is 2.23. The van der Waals surface area contributed by atoms with E-state index in [1.54, 1.807) is 24.1 Å². The number of aromatic nitrogens is 2. The third kappa shape index (κ3) is 3.24. The highest BCUT2D eigenvalue weighted by Crippen LogP contribution is 2.28. The quantitative estimate of drug-likeness (QED) is 0.823. The average Bonchev–Trinajstić information content (AvgIpc) is 2.99. The molecule has 1 atom stereocenters. The molecule has 1 aliphatic heterocycles. The van der Waals surface area contributed by atoms with Crippen molar-refractivity contribution in [1.29, 1.82) is 0 Å². The number of aryl methyl sites for hydroxylation is 2. The molecule has 23 heavy (non-hydrogen) atoms. The minimum absolute atomic E-state index is 0.0783. The summed E-state index contributed by atoms with van der Waals surface area (Å²) >= 11 is 12.0. The van der Waals surface area contributed by atoms with Gasteiger partial charge in [-0.15, -0.1) is 0 Å². The lowest BCUT2D eigenvalue weighted by Crippen LogP contribution is -2.30. The molecule has 2 heterocycles. The first-order chi connectivity index (χ1) is 11.0. The molecule has 2 aromatic rings. The number of halogens is 2. The van der Waals surface area contributed by atoms with Gasteiger partial charge in [0.2, 0.25) is 0 Å². The largest absolute Gasteiger partial charge is 0.334 e. The van der Waals surface area contributed by atoms with Gasteiger partial charge in [-0.25, -0.2) is 4.98 Å². The van der Waals surface area contributed by atoms with Crippen LogP contribution in [0.4, 0.5) is 0 Å². The lowest BCUT2D eigenvalue weighted by molar-refractivity contribution is 0.0737. The van der Waals surface area contributed by atoms with Gasteiger partial charge in [-0.3, -0.25) is 4.79 Å². The highest BCUT2D eigenvalue weighted by molar-refractivity contribution is 6.42. The number of amides is 1. The Bertz CT molecular complexity index is 718. The van der Waals surface area contributed by atoms with Crippen LogP contribution >= 0.6 is 23.2 Å². The molecule has 1 amide bonds. The molecule has 0 saturated carbocycles. The molecule has 0 fully saturated rings. The summed E-state index contributed by atoms with van der Waals surface area (Å²) < 4.78 is 2.09. The molecule has 0 radical (unpaired) electrons. The van der Waals surface area contributed by atoms with Crippen molar-refractivity contribution >= 4 is 29.1 Å². The van der Waals surface area contributed by atoms with Crippen molar-refractivity contribution in [2.75, 3.05) is 7.05 Å². The fourth-order valence-corrected chi connectivity index (χ4v) is 3.17. The molecule has 0 unspecified atom stereocenters. The molecule has 3 rings (SSSR count). The number of hydrogen-bond donors (Lipinski definition) is 0. The van der Waals surface area contributed by atoms with Crippen LogP contribution in [0.2, 0.25) is 10.0 Å². The second kappa shape index (κ2) is 6.54. The molecule has 0 aliphatic carbocycles. The summed E-state index contributed by atoms with van der Waals surface area (Å²) in [5.41, 5.74) is 1.45. The third-order valence-corrected chi connectivity index (χ3v) is 5.19. The van der Waals surface area contributed by atoms with Crippen molar-refractivity contribution in [3.05, 3.63) is 51.5 Å². The molecule has 4 nitrogen and oxygen atoms in total. The zero-order valence-corrected chi connectivity index (χ0v) is 14.7. The highest BCUT2D eigenvalue weighted by atomic mass is 35.5. The summed E-state index contributed by atoms with van der Waals surface area (Å²) in [6.45, 7) is 2.91. The number of benzene rings is 1. The molecule has 1 aromatic carbocycles. The third-order valence-electron chi connectivity index (χ3n) is 4.46. The Balaban J connectivity index is 1.80. The van der Waals surface area contributed by atoms with Crippen LogP contribution in [0.1, 0.15) is 47.7 Å². The molecule has 1 aromatic heterocycles. The normalized spacial score (nSPS) is 15.1. The fraction of sp³-hybridized carbons (Fsp3) is 0.412. The first kappa shape index (κ1) is 16.3. The SMILES string of the molecule is C[C@H](c1ccc(Cl)c(Cl)c1)N(C)C(=O)c1cn2c(n1)CCCC2. The van der Waals surface area contributed by atoms with E-state index in [0.29, 0.717) is 15.7 Å². The molecule has 1 aliphatic rings. The molecular weight excluding hydrogens is 333 g/mol. The average molecular weight is 352 g/mol. The molecule has 122 valence electrons. The van der Waals surface area contributed by atoms with Gasteiger partial charge in [0.1, 0.15) is 11.5 Å². The van der Waals surface area contributed by atoms with Gasteiger partial charge in [0, 0.05) is 26.2 Å². The van der Waals surface area contributed by atoms with E-state index < -0.39 is 0 Å². The van der Waals surface area contributed by atoms with E-state index in [1.807, 2.05) is 19.2 Å². The summed E-state index contributed by atoms with van der Waals surface area (Å²) in [6, 6.07) is 5.33. The van der Waals surface area contributed by atoms with Crippen molar-refractivity contribution < 1.29 is 4.79 Å². The van der Waals surface area contributed by atoms with E-state index in [0.717, 1.165) is 37.2 Å². The van der Waals surface area contributed by atoms with Crippen LogP contribution in [-0.2, 0) is 13.0 Å². The maximum atomic E-state index is 12.7. The molecule has 0 spiro atoms. The van der Waals surface area contributed by atoms with Gasteiger partial charge in [-0.2, -0.15) is 0 Å². The van der Waals surface area contributed by atoms with Crippen LogP contribution in [0.3, 0.4) is 0 Å². The van der Waals surface area contributed by atoms with Gasteiger partial charge in [0.25, 0.3) is 5.91 Å². The Morgan fingerprint density at radius 1 is 1.30 bits per heavy atom. The Morgan fingerprint density at radius 3 is 2.78 bits per heavy atom. The zero-order valence-electron chi connectivity index (χ0n) is 13.2. The number of rotatable bonds is 3. The van der Waals surface area contributed by atoms with Crippen LogP contribution in [-0.4, -0.2) is 27.4 Å². The Labute approximate surface area is 146 Å². The van der Waals surface area contributed by atoms with Crippen LogP contribution < -0.4 is 0 Å². The standard InChI is InChI=1S/C17H19Cl2N3O/c1-11(12-6-7-13(18)14(19)9-12)21(2)17(23)15-10-22-8-4-3-5-16(22)20-15/h6-7,9-11H,3-5,8H2,1-2H3/t11-/m1/s1. The first-order valence-corrected chi connectivity index (χ1v) is 8.51. The van der Waals surface area contributed by atoms with E-state index in [2.05, 4.69) is 9.55 Å². The Morgan fingerprint density at radius 2 is 2.09 bits per heavy atom. The summed E-state index contributed by atoms with van der Waals surface area (Å²) in [4.78, 5) is 18.9. The molecule has 6 heteroatoms. The summed E-state index contributed by atoms with van der Waals surface area (Å²) in [5.74, 6) is 0.931. The maximum absolute atomic E-state index is 12.7. The van der Waals surface area contributed by atoms with Gasteiger partial charge in [0.15, 0.2) is 0 Å². The van der Waals surface area contributed by atoms with Crippen molar-refractivity contribution in [3.63, 3.8) is 0 Å². The van der Waals surface area contributed by atoms with Crippen LogP contribution in [0.5, 0.6) is 0 Å². The summed E-state index contributed by atoms with van der Waals surface area (Å²) in [7, 11) is 1.79. The fourth-order valence-electron chi connectivity index (χ4n) is 2.87. The molecule has 0 saturated heterocycles. The van der Waals surface area contributed by atoms with Crippen molar-refractivity contribution in [2.24, 2.45) is 0 Å². The Hall–Kier alpha value is -1.52. The predicted molar refractivity (Wildman–Crippen MR) is 92.1 cm³/mol. The van der Waals surface area contributed by atoms with Crippen molar-refractivity contribution in [2.45, 2.75) is 38.8 Å². The van der Waals surface area contributed by atoms with E-state index >= 15 is 0 Å². The second-order valence-electron chi connectivity index (χ2n) is 5.96. The smallest absolute Gasteiger partial charge is 0.274 e. The van der Waals surface area contributed by atoms with E-state index in [9.17, 15) is 4.79 Å². The van der Waals surface area contributed by atoms with E-state index in [-0.39, 0.29) is 11.9 Å². The lowest BCUT2D eigenvalue weighted by atomic mass is 10.1. The molecular formula is C17H19Cl2N3O. The van der Waals surface area contributed by atoms with Gasteiger partial charge < -0.3 is 9.47 Å². The van der Waals surface area contributed by atoms with Gasteiger partial charge in [-0.1, -0.05) is 29.3 Å². The summed E-state index contributed by atoms with van der Waals surface area (Å²) in [5, 5.41) is 1.01. The number of hydrogen-bond acceptors (Lipinski definition) is 2. The predicted octanol–water partition coefficient (Wildman–Crippen LogP) is 4.36. The number of nitrogens with zero attached hydrogens (tertiary/aromatic N) is 3. The Kier molecular flexibility index (Phi) is 4.64. The monoisotopic (exact) mass is 351 g/mol. The lowest BCUT2D eigenvalue weighted by Gasteiger charge is -2.25. The zero-order chi connectivity index (χ0) is 16.6. The van der Waals surface area contributed by atoms with Crippen LogP contribution in [0.15, 0.2) is 24.4 Å².